The van der Waals surface area contributed by atoms with E-state index < -0.39 is 12.0 Å². The summed E-state index contributed by atoms with van der Waals surface area (Å²) in [6.45, 7) is 2.88. The van der Waals surface area contributed by atoms with Crippen molar-refractivity contribution in [2.75, 3.05) is 45.2 Å². The van der Waals surface area contributed by atoms with Gasteiger partial charge in [-0.25, -0.2) is 0 Å². The van der Waals surface area contributed by atoms with Crippen molar-refractivity contribution in [3.8, 4) is 5.75 Å². The molecule has 0 atom stereocenters. The minimum atomic E-state index is -4.64. The summed E-state index contributed by atoms with van der Waals surface area (Å²) in [4.78, 5) is 16.6. The molecule has 1 fully saturated rings. The van der Waals surface area contributed by atoms with Crippen LogP contribution in [0.2, 0.25) is 0 Å². The Hall–Kier alpha value is -3.41. The molecule has 1 saturated heterocycles. The number of hydrogen-bond donors (Lipinski definition) is 1. The molecule has 0 aliphatic carbocycles. The number of nitrogens with zero attached hydrogens (tertiary/aromatic N) is 6. The molecule has 0 spiro atoms. The van der Waals surface area contributed by atoms with Crippen molar-refractivity contribution < 1.29 is 22.7 Å². The molecule has 1 aliphatic heterocycles. The minimum absolute atomic E-state index is 0.0301. The van der Waals surface area contributed by atoms with Crippen molar-refractivity contribution in [1.29, 1.82) is 0 Å². The summed E-state index contributed by atoms with van der Waals surface area (Å²) in [5.74, 6) is -0.164. The van der Waals surface area contributed by atoms with Gasteiger partial charge >= 0.3 is 6.18 Å². The molecule has 12 heteroatoms. The van der Waals surface area contributed by atoms with Crippen LogP contribution in [0.15, 0.2) is 36.4 Å². The molecule has 0 unspecified atom stereocenters. The molecule has 9 nitrogen and oxygen atoms in total. The number of carbonyl (C=O) groups is 1. The maximum absolute atomic E-state index is 13.1. The van der Waals surface area contributed by atoms with Crippen LogP contribution in [0, 0.1) is 5.92 Å². The second-order valence-corrected chi connectivity index (χ2v) is 8.76. The number of likely N-dealkylation sites (N-methyl/N-ethyl adjacent to an activating group) is 1. The second-order valence-electron chi connectivity index (χ2n) is 8.76. The number of anilines is 1. The molecule has 0 bridgehead atoms. The first-order valence-electron chi connectivity index (χ1n) is 11.4. The SMILES string of the molecule is CN(C)CCOc1ccc(CNC(=O)C2CCN(c3ccc4nnc(C(F)(F)F)n4n3)CC2)cc1. The van der Waals surface area contributed by atoms with Crippen molar-refractivity contribution in [2.24, 2.45) is 5.92 Å². The van der Waals surface area contributed by atoms with Gasteiger partial charge in [-0.2, -0.15) is 17.7 Å². The Morgan fingerprint density at radius 3 is 2.49 bits per heavy atom. The first-order chi connectivity index (χ1) is 16.7. The number of amides is 1. The summed E-state index contributed by atoms with van der Waals surface area (Å²) in [7, 11) is 3.97. The van der Waals surface area contributed by atoms with Crippen molar-refractivity contribution in [3.63, 3.8) is 0 Å². The van der Waals surface area contributed by atoms with Gasteiger partial charge in [0.1, 0.15) is 18.2 Å². The van der Waals surface area contributed by atoms with Gasteiger partial charge in [0.05, 0.1) is 0 Å². The van der Waals surface area contributed by atoms with E-state index in [-0.39, 0.29) is 17.5 Å². The Morgan fingerprint density at radius 2 is 1.83 bits per heavy atom. The van der Waals surface area contributed by atoms with Crippen LogP contribution in [0.4, 0.5) is 19.0 Å². The fraction of sp³-hybridized carbons (Fsp3) is 0.478. The Labute approximate surface area is 200 Å². The van der Waals surface area contributed by atoms with Crippen molar-refractivity contribution >= 4 is 17.4 Å². The third-order valence-electron chi connectivity index (χ3n) is 5.89. The number of piperidine rings is 1. The van der Waals surface area contributed by atoms with Gasteiger partial charge in [-0.1, -0.05) is 12.1 Å². The number of ether oxygens (including phenoxy) is 1. The maximum Gasteiger partial charge on any atom is 0.453 e. The Morgan fingerprint density at radius 1 is 1.11 bits per heavy atom. The summed E-state index contributed by atoms with van der Waals surface area (Å²) < 4.78 is 45.8. The van der Waals surface area contributed by atoms with Gasteiger partial charge in [-0.15, -0.1) is 15.3 Å². The molecule has 2 aromatic heterocycles. The highest BCUT2D eigenvalue weighted by atomic mass is 19.4. The maximum atomic E-state index is 13.1. The molecule has 3 heterocycles. The lowest BCUT2D eigenvalue weighted by Crippen LogP contribution is -2.40. The molecule has 1 N–H and O–H groups in total. The molecule has 1 aromatic carbocycles. The summed E-state index contributed by atoms with van der Waals surface area (Å²) >= 11 is 0. The average molecular weight is 492 g/mol. The first-order valence-corrected chi connectivity index (χ1v) is 11.4. The molecule has 3 aromatic rings. The summed E-state index contributed by atoms with van der Waals surface area (Å²) in [5, 5.41) is 13.8. The fourth-order valence-electron chi connectivity index (χ4n) is 3.88. The molecule has 0 saturated carbocycles. The number of hydrogen-bond acceptors (Lipinski definition) is 7. The Kier molecular flexibility index (Phi) is 7.39. The van der Waals surface area contributed by atoms with E-state index in [1.165, 1.54) is 6.07 Å². The van der Waals surface area contributed by atoms with Gasteiger partial charge in [-0.05, 0) is 56.8 Å². The number of alkyl halides is 3. The van der Waals surface area contributed by atoms with E-state index in [0.29, 0.717) is 49.4 Å². The van der Waals surface area contributed by atoms with Crippen LogP contribution in [-0.2, 0) is 17.5 Å². The van der Waals surface area contributed by atoms with E-state index in [0.717, 1.165) is 17.9 Å². The van der Waals surface area contributed by atoms with Crippen LogP contribution in [-0.4, -0.2) is 71.0 Å². The van der Waals surface area contributed by atoms with Crippen LogP contribution in [0.25, 0.3) is 5.65 Å². The lowest BCUT2D eigenvalue weighted by Gasteiger charge is -2.32. The summed E-state index contributed by atoms with van der Waals surface area (Å²) in [6, 6.07) is 10.7. The van der Waals surface area contributed by atoms with Gasteiger partial charge in [0.25, 0.3) is 5.82 Å². The number of benzene rings is 1. The van der Waals surface area contributed by atoms with Crippen LogP contribution in [0.5, 0.6) is 5.75 Å². The predicted molar refractivity (Wildman–Crippen MR) is 123 cm³/mol. The number of aromatic nitrogens is 4. The number of fused-ring (bicyclic) bond motifs is 1. The highest BCUT2D eigenvalue weighted by molar-refractivity contribution is 5.79. The third-order valence-corrected chi connectivity index (χ3v) is 5.89. The zero-order chi connectivity index (χ0) is 25.0. The van der Waals surface area contributed by atoms with Crippen LogP contribution in [0.1, 0.15) is 24.2 Å². The molecule has 188 valence electrons. The number of rotatable bonds is 8. The van der Waals surface area contributed by atoms with Crippen LogP contribution < -0.4 is 15.0 Å². The highest BCUT2D eigenvalue weighted by Gasteiger charge is 2.38. The lowest BCUT2D eigenvalue weighted by atomic mass is 9.96. The van der Waals surface area contributed by atoms with Gasteiger partial charge < -0.3 is 19.9 Å². The van der Waals surface area contributed by atoms with E-state index in [9.17, 15) is 18.0 Å². The van der Waals surface area contributed by atoms with E-state index in [1.54, 1.807) is 6.07 Å². The standard InChI is InChI=1S/C23H28F3N7O2/c1-31(2)13-14-35-18-5-3-16(4-6-18)15-27-21(34)17-9-11-32(12-10-17)20-8-7-19-28-29-22(23(24,25)26)33(19)30-20/h3-8,17H,9-15H2,1-2H3,(H,27,34). The van der Waals surface area contributed by atoms with Crippen LogP contribution in [0.3, 0.4) is 0 Å². The quantitative estimate of drug-likeness (QED) is 0.518. The van der Waals surface area contributed by atoms with Crippen molar-refractivity contribution in [3.05, 3.63) is 47.8 Å². The number of nitrogens with one attached hydrogen (secondary N) is 1. The van der Waals surface area contributed by atoms with E-state index in [4.69, 9.17) is 4.74 Å². The molecular formula is C23H28F3N7O2. The minimum Gasteiger partial charge on any atom is -0.492 e. The molecule has 1 amide bonds. The van der Waals surface area contributed by atoms with Crippen molar-refractivity contribution in [2.45, 2.75) is 25.6 Å². The third kappa shape index (κ3) is 6.18. The van der Waals surface area contributed by atoms with Gasteiger partial charge in [-0.3, -0.25) is 4.79 Å². The molecule has 1 aliphatic rings. The van der Waals surface area contributed by atoms with E-state index >= 15 is 0 Å². The summed E-state index contributed by atoms with van der Waals surface area (Å²) in [6.07, 6.45) is -3.48. The zero-order valence-electron chi connectivity index (χ0n) is 19.6. The smallest absolute Gasteiger partial charge is 0.453 e. The molecule has 0 radical (unpaired) electrons. The topological polar surface area (TPSA) is 87.9 Å². The molecule has 4 rings (SSSR count). The van der Waals surface area contributed by atoms with Gasteiger partial charge in [0, 0.05) is 32.1 Å². The lowest BCUT2D eigenvalue weighted by molar-refractivity contribution is -0.146. The number of halogens is 3. The molecule has 35 heavy (non-hydrogen) atoms. The largest absolute Gasteiger partial charge is 0.492 e. The van der Waals surface area contributed by atoms with E-state index in [1.807, 2.05) is 48.2 Å². The Bertz CT molecular complexity index is 1140. The fourth-order valence-corrected chi connectivity index (χ4v) is 3.88. The molecular weight excluding hydrogens is 463 g/mol. The Balaban J connectivity index is 1.27. The summed E-state index contributed by atoms with van der Waals surface area (Å²) in [5.41, 5.74) is 1.01. The monoisotopic (exact) mass is 491 g/mol. The zero-order valence-corrected chi connectivity index (χ0v) is 19.6. The average Bonchev–Trinajstić information content (AvgIpc) is 3.27. The number of carbonyl (C=O) groups excluding carboxylic acids is 1. The van der Waals surface area contributed by atoms with E-state index in [2.05, 4.69) is 20.6 Å². The van der Waals surface area contributed by atoms with Gasteiger partial charge in [0.2, 0.25) is 5.91 Å². The highest BCUT2D eigenvalue weighted by Crippen LogP contribution is 2.28. The normalized spacial score (nSPS) is 15.1. The van der Waals surface area contributed by atoms with Gasteiger partial charge in [0.15, 0.2) is 5.65 Å². The first kappa shape index (κ1) is 24.7. The van der Waals surface area contributed by atoms with Crippen LogP contribution >= 0.6 is 0 Å². The predicted octanol–water partition coefficient (Wildman–Crippen LogP) is 2.62. The van der Waals surface area contributed by atoms with Crippen molar-refractivity contribution in [1.82, 2.24) is 30.0 Å². The second kappa shape index (κ2) is 10.5.